The van der Waals surface area contributed by atoms with Gasteiger partial charge in [-0.2, -0.15) is 0 Å². The van der Waals surface area contributed by atoms with E-state index in [0.717, 1.165) is 5.56 Å². The summed E-state index contributed by atoms with van der Waals surface area (Å²) in [5.74, 6) is 1.14. The van der Waals surface area contributed by atoms with Crippen LogP contribution >= 0.6 is 11.6 Å². The highest BCUT2D eigenvalue weighted by molar-refractivity contribution is 6.30. The monoisotopic (exact) mass is 349 g/mol. The first-order chi connectivity index (χ1) is 11.5. The number of nitrogens with two attached hydrogens (primary N) is 1. The van der Waals surface area contributed by atoms with E-state index >= 15 is 0 Å². The Balaban J connectivity index is 1.94. The van der Waals surface area contributed by atoms with E-state index in [9.17, 15) is 4.79 Å². The van der Waals surface area contributed by atoms with Gasteiger partial charge in [-0.15, -0.1) is 0 Å². The van der Waals surface area contributed by atoms with Crippen LogP contribution in [0.15, 0.2) is 42.5 Å². The van der Waals surface area contributed by atoms with Crippen LogP contribution < -0.4 is 20.1 Å². The molecule has 24 heavy (non-hydrogen) atoms. The van der Waals surface area contributed by atoms with Gasteiger partial charge in [0, 0.05) is 16.7 Å². The van der Waals surface area contributed by atoms with Crippen LogP contribution in [0.5, 0.6) is 11.5 Å². The molecule has 1 atom stereocenters. The van der Waals surface area contributed by atoms with E-state index in [1.165, 1.54) is 0 Å². The van der Waals surface area contributed by atoms with E-state index in [2.05, 4.69) is 5.32 Å². The van der Waals surface area contributed by atoms with Crippen LogP contribution in [-0.2, 0) is 4.79 Å². The Kier molecular flexibility index (Phi) is 6.46. The molecule has 6 heteroatoms. The average molecular weight is 350 g/mol. The lowest BCUT2D eigenvalue weighted by atomic mass is 10.1. The molecule has 0 spiro atoms. The predicted octanol–water partition coefficient (Wildman–Crippen LogP) is 2.62. The summed E-state index contributed by atoms with van der Waals surface area (Å²) in [5.41, 5.74) is 1.71. The Bertz CT molecular complexity index is 689. The number of benzene rings is 2. The molecule has 1 amide bonds. The van der Waals surface area contributed by atoms with E-state index < -0.39 is 0 Å². The average Bonchev–Trinajstić information content (AvgIpc) is 2.60. The number of hydrogen-bond donors (Lipinski definition) is 2. The van der Waals surface area contributed by atoms with Crippen molar-refractivity contribution >= 4 is 23.2 Å². The first-order valence-electron chi connectivity index (χ1n) is 7.64. The van der Waals surface area contributed by atoms with Crippen molar-refractivity contribution in [3.8, 4) is 11.5 Å². The summed E-state index contributed by atoms with van der Waals surface area (Å²) < 4.78 is 10.4. The number of rotatable bonds is 7. The molecular weight excluding hydrogens is 328 g/mol. The summed E-state index contributed by atoms with van der Waals surface area (Å²) >= 11 is 5.89. The lowest BCUT2D eigenvalue weighted by Gasteiger charge is -2.13. The molecule has 0 saturated heterocycles. The third kappa shape index (κ3) is 4.88. The summed E-state index contributed by atoms with van der Waals surface area (Å²) in [6.07, 6.45) is 0. The van der Waals surface area contributed by atoms with Gasteiger partial charge in [-0.25, -0.2) is 0 Å². The number of methoxy groups -OCH3 is 2. The standard InChI is InChI=1S/C18H21ClN2O3/c1-12(13-4-6-14(19)7-5-13)20-11-18(22)21-16-10-15(23-2)8-9-17(16)24-3/h4-10,12,20H,11H2,1-3H3,(H,21,22)/p+1/t12-/m0/s1. The Morgan fingerprint density at radius 1 is 1.17 bits per heavy atom. The van der Waals surface area contributed by atoms with Gasteiger partial charge in [0.15, 0.2) is 6.54 Å². The van der Waals surface area contributed by atoms with Crippen molar-refractivity contribution in [1.29, 1.82) is 0 Å². The van der Waals surface area contributed by atoms with Crippen molar-refractivity contribution in [2.24, 2.45) is 0 Å². The van der Waals surface area contributed by atoms with Gasteiger partial charge in [-0.3, -0.25) is 4.79 Å². The molecule has 128 valence electrons. The predicted molar refractivity (Wildman–Crippen MR) is 94.8 cm³/mol. The Hall–Kier alpha value is -2.24. The van der Waals surface area contributed by atoms with E-state index in [-0.39, 0.29) is 11.9 Å². The maximum absolute atomic E-state index is 12.2. The van der Waals surface area contributed by atoms with Crippen molar-refractivity contribution in [3.63, 3.8) is 0 Å². The second kappa shape index (κ2) is 8.57. The molecule has 0 aromatic heterocycles. The van der Waals surface area contributed by atoms with Crippen molar-refractivity contribution < 1.29 is 19.6 Å². The minimum Gasteiger partial charge on any atom is -0.497 e. The molecular formula is C18H22ClN2O3+. The Morgan fingerprint density at radius 2 is 1.88 bits per heavy atom. The largest absolute Gasteiger partial charge is 0.497 e. The number of amides is 1. The zero-order valence-electron chi connectivity index (χ0n) is 14.0. The number of halogens is 1. The number of hydrogen-bond acceptors (Lipinski definition) is 3. The Labute approximate surface area is 146 Å². The lowest BCUT2D eigenvalue weighted by Crippen LogP contribution is -2.86. The fourth-order valence-corrected chi connectivity index (χ4v) is 2.43. The smallest absolute Gasteiger partial charge is 0.279 e. The highest BCUT2D eigenvalue weighted by atomic mass is 35.5. The zero-order valence-corrected chi connectivity index (χ0v) is 14.8. The van der Waals surface area contributed by atoms with Crippen LogP contribution in [0.2, 0.25) is 5.02 Å². The van der Waals surface area contributed by atoms with Crippen LogP contribution in [0.1, 0.15) is 18.5 Å². The van der Waals surface area contributed by atoms with Crippen LogP contribution in [0.25, 0.3) is 0 Å². The highest BCUT2D eigenvalue weighted by Crippen LogP contribution is 2.28. The van der Waals surface area contributed by atoms with E-state index in [1.807, 2.05) is 36.5 Å². The van der Waals surface area contributed by atoms with Crippen LogP contribution in [0.3, 0.4) is 0 Å². The van der Waals surface area contributed by atoms with Gasteiger partial charge in [-0.1, -0.05) is 23.7 Å². The zero-order chi connectivity index (χ0) is 17.5. The summed E-state index contributed by atoms with van der Waals surface area (Å²) in [7, 11) is 3.14. The molecule has 2 aromatic rings. The molecule has 2 rings (SSSR count). The minimum absolute atomic E-state index is 0.109. The minimum atomic E-state index is -0.109. The molecule has 0 fully saturated rings. The molecule has 0 heterocycles. The molecule has 0 saturated carbocycles. The maximum Gasteiger partial charge on any atom is 0.279 e. The van der Waals surface area contributed by atoms with Crippen molar-refractivity contribution in [3.05, 3.63) is 53.1 Å². The molecule has 0 bridgehead atoms. The maximum atomic E-state index is 12.2. The molecule has 0 unspecified atom stereocenters. The van der Waals surface area contributed by atoms with E-state index in [4.69, 9.17) is 21.1 Å². The first-order valence-corrected chi connectivity index (χ1v) is 8.02. The van der Waals surface area contributed by atoms with Gasteiger partial charge in [0.1, 0.15) is 17.5 Å². The first kappa shape index (κ1) is 18.1. The number of quaternary nitrogens is 1. The van der Waals surface area contributed by atoms with Crippen LogP contribution in [0, 0.1) is 0 Å². The summed E-state index contributed by atoms with van der Waals surface area (Å²) in [5, 5.41) is 5.52. The molecule has 0 radical (unpaired) electrons. The molecule has 3 N–H and O–H groups in total. The van der Waals surface area contributed by atoms with E-state index in [0.29, 0.717) is 28.8 Å². The quantitative estimate of drug-likeness (QED) is 0.807. The molecule has 2 aromatic carbocycles. The summed E-state index contributed by atoms with van der Waals surface area (Å²) in [6.45, 7) is 2.34. The van der Waals surface area contributed by atoms with Gasteiger partial charge >= 0.3 is 0 Å². The fraction of sp³-hybridized carbons (Fsp3) is 0.278. The second-order valence-electron chi connectivity index (χ2n) is 5.39. The van der Waals surface area contributed by atoms with E-state index in [1.54, 1.807) is 32.4 Å². The number of ether oxygens (including phenoxy) is 2. The number of carbonyl (C=O) groups excluding carboxylic acids is 1. The van der Waals surface area contributed by atoms with Crippen molar-refractivity contribution in [1.82, 2.24) is 0 Å². The van der Waals surface area contributed by atoms with Gasteiger partial charge in [0.2, 0.25) is 0 Å². The number of anilines is 1. The molecule has 0 aliphatic carbocycles. The second-order valence-corrected chi connectivity index (χ2v) is 5.83. The normalized spacial score (nSPS) is 11.7. The highest BCUT2D eigenvalue weighted by Gasteiger charge is 2.14. The lowest BCUT2D eigenvalue weighted by molar-refractivity contribution is -0.682. The van der Waals surface area contributed by atoms with Crippen molar-refractivity contribution in [2.45, 2.75) is 13.0 Å². The summed E-state index contributed by atoms with van der Waals surface area (Å²) in [6, 6.07) is 13.1. The van der Waals surface area contributed by atoms with Crippen molar-refractivity contribution in [2.75, 3.05) is 26.1 Å². The molecule has 0 aliphatic heterocycles. The Morgan fingerprint density at radius 3 is 2.50 bits per heavy atom. The SMILES string of the molecule is COc1ccc(OC)c(NC(=O)C[NH2+][C@@H](C)c2ccc(Cl)cc2)c1. The van der Waals surface area contributed by atoms with Gasteiger partial charge < -0.3 is 20.1 Å². The van der Waals surface area contributed by atoms with Crippen LogP contribution in [0.4, 0.5) is 5.69 Å². The third-order valence-corrected chi connectivity index (χ3v) is 3.99. The number of nitrogens with one attached hydrogen (secondary N) is 1. The van der Waals surface area contributed by atoms with Gasteiger partial charge in [0.05, 0.1) is 19.9 Å². The third-order valence-electron chi connectivity index (χ3n) is 3.73. The van der Waals surface area contributed by atoms with Gasteiger partial charge in [-0.05, 0) is 31.2 Å². The molecule has 0 aliphatic rings. The van der Waals surface area contributed by atoms with Crippen LogP contribution in [-0.4, -0.2) is 26.7 Å². The van der Waals surface area contributed by atoms with Gasteiger partial charge in [0.25, 0.3) is 5.91 Å². The fourth-order valence-electron chi connectivity index (χ4n) is 2.30. The molecule has 5 nitrogen and oxygen atoms in total. The summed E-state index contributed by atoms with van der Waals surface area (Å²) in [4.78, 5) is 12.2. The topological polar surface area (TPSA) is 64.2 Å². The number of carbonyl (C=O) groups is 1.